The molecule has 2 heterocycles. The molecule has 0 saturated carbocycles. The summed E-state index contributed by atoms with van der Waals surface area (Å²) >= 11 is 0. The maximum Gasteiger partial charge on any atom is 0.248 e. The van der Waals surface area contributed by atoms with E-state index in [4.69, 9.17) is 9.26 Å². The van der Waals surface area contributed by atoms with Crippen LogP contribution < -0.4 is 0 Å². The lowest BCUT2D eigenvalue weighted by atomic mass is 10.2. The predicted octanol–water partition coefficient (Wildman–Crippen LogP) is 0.230. The minimum atomic E-state index is 0.0448. The Morgan fingerprint density at radius 2 is 2.11 bits per heavy atom. The van der Waals surface area contributed by atoms with Gasteiger partial charge >= 0.3 is 0 Å². The van der Waals surface area contributed by atoms with E-state index in [1.807, 2.05) is 11.8 Å². The number of carbonyl (C=O) groups excluding carboxylic acids is 1. The molecule has 0 unspecified atom stereocenters. The van der Waals surface area contributed by atoms with Gasteiger partial charge in [0.2, 0.25) is 11.8 Å². The molecule has 0 aliphatic carbocycles. The van der Waals surface area contributed by atoms with E-state index in [2.05, 4.69) is 15.0 Å². The zero-order valence-corrected chi connectivity index (χ0v) is 11.6. The molecule has 1 aliphatic rings. The molecule has 1 atom stereocenters. The molecule has 0 bridgehead atoms. The second-order valence-corrected chi connectivity index (χ2v) is 4.71. The average molecular weight is 268 g/mol. The molecule has 0 N–H and O–H groups in total. The number of methoxy groups -OCH3 is 1. The van der Waals surface area contributed by atoms with Crippen molar-refractivity contribution in [3.8, 4) is 0 Å². The fraction of sp³-hybridized carbons (Fsp3) is 0.750. The quantitative estimate of drug-likeness (QED) is 0.778. The van der Waals surface area contributed by atoms with Gasteiger partial charge in [-0.15, -0.1) is 0 Å². The molecule has 0 spiro atoms. The van der Waals surface area contributed by atoms with Crippen molar-refractivity contribution in [2.24, 2.45) is 0 Å². The standard InChI is InChI=1S/C12H20N4O3/c1-9(12-13-10(2)14-19-12)15-4-6-16(7-5-15)11(17)8-18-3/h9H,4-8H2,1-3H3/t9-/m1/s1. The van der Waals surface area contributed by atoms with Crippen molar-refractivity contribution in [3.05, 3.63) is 11.7 Å². The third-order valence-electron chi connectivity index (χ3n) is 3.38. The molecule has 0 aromatic carbocycles. The summed E-state index contributed by atoms with van der Waals surface area (Å²) in [6.07, 6.45) is 0. The van der Waals surface area contributed by atoms with Gasteiger partial charge in [0.25, 0.3) is 0 Å². The monoisotopic (exact) mass is 268 g/mol. The smallest absolute Gasteiger partial charge is 0.248 e. The summed E-state index contributed by atoms with van der Waals surface area (Å²) in [6.45, 7) is 7.02. The summed E-state index contributed by atoms with van der Waals surface area (Å²) in [5, 5.41) is 3.81. The van der Waals surface area contributed by atoms with Gasteiger partial charge < -0.3 is 14.2 Å². The van der Waals surface area contributed by atoms with Crippen LogP contribution in [0.2, 0.25) is 0 Å². The maximum absolute atomic E-state index is 11.7. The summed E-state index contributed by atoms with van der Waals surface area (Å²) in [5.41, 5.74) is 0. The first-order valence-electron chi connectivity index (χ1n) is 6.42. The Hall–Kier alpha value is -1.47. The zero-order valence-electron chi connectivity index (χ0n) is 11.6. The Balaban J connectivity index is 1.87. The summed E-state index contributed by atoms with van der Waals surface area (Å²) in [4.78, 5) is 20.0. The van der Waals surface area contributed by atoms with Crippen molar-refractivity contribution in [1.82, 2.24) is 19.9 Å². The summed E-state index contributed by atoms with van der Waals surface area (Å²) < 4.78 is 10.1. The lowest BCUT2D eigenvalue weighted by molar-refractivity contribution is -0.137. The lowest BCUT2D eigenvalue weighted by Gasteiger charge is -2.36. The molecule has 7 heteroatoms. The van der Waals surface area contributed by atoms with Crippen LogP contribution >= 0.6 is 0 Å². The van der Waals surface area contributed by atoms with Crippen molar-refractivity contribution in [1.29, 1.82) is 0 Å². The number of ether oxygens (including phenoxy) is 1. The van der Waals surface area contributed by atoms with Gasteiger partial charge in [0.1, 0.15) is 6.61 Å². The van der Waals surface area contributed by atoms with E-state index < -0.39 is 0 Å². The molecule has 2 rings (SSSR count). The van der Waals surface area contributed by atoms with E-state index in [1.165, 1.54) is 7.11 Å². The molecule has 1 saturated heterocycles. The molecular weight excluding hydrogens is 248 g/mol. The number of hydrogen-bond acceptors (Lipinski definition) is 6. The third kappa shape index (κ3) is 3.30. The van der Waals surface area contributed by atoms with E-state index in [0.29, 0.717) is 24.8 Å². The van der Waals surface area contributed by atoms with Gasteiger partial charge in [0, 0.05) is 33.3 Å². The molecule has 106 valence electrons. The van der Waals surface area contributed by atoms with Crippen molar-refractivity contribution < 1.29 is 14.1 Å². The first kappa shape index (κ1) is 14.0. The Labute approximate surface area is 112 Å². The number of amides is 1. The van der Waals surface area contributed by atoms with E-state index in [1.54, 1.807) is 6.92 Å². The molecule has 0 radical (unpaired) electrons. The van der Waals surface area contributed by atoms with Crippen molar-refractivity contribution >= 4 is 5.91 Å². The van der Waals surface area contributed by atoms with Crippen LogP contribution in [-0.4, -0.2) is 65.7 Å². The Kier molecular flexibility index (Phi) is 4.49. The van der Waals surface area contributed by atoms with Gasteiger partial charge in [-0.2, -0.15) is 4.98 Å². The average Bonchev–Trinajstić information content (AvgIpc) is 2.85. The highest BCUT2D eigenvalue weighted by molar-refractivity contribution is 5.77. The highest BCUT2D eigenvalue weighted by atomic mass is 16.5. The zero-order chi connectivity index (χ0) is 13.8. The van der Waals surface area contributed by atoms with Crippen LogP contribution in [0.25, 0.3) is 0 Å². The fourth-order valence-electron chi connectivity index (χ4n) is 2.21. The molecular formula is C12H20N4O3. The fourth-order valence-corrected chi connectivity index (χ4v) is 2.21. The normalized spacial score (nSPS) is 18.6. The van der Waals surface area contributed by atoms with Crippen LogP contribution in [0, 0.1) is 6.92 Å². The second kappa shape index (κ2) is 6.12. The highest BCUT2D eigenvalue weighted by Crippen LogP contribution is 2.19. The van der Waals surface area contributed by atoms with Gasteiger partial charge in [-0.3, -0.25) is 9.69 Å². The molecule has 1 fully saturated rings. The van der Waals surface area contributed by atoms with Gasteiger partial charge in [-0.1, -0.05) is 5.16 Å². The van der Waals surface area contributed by atoms with E-state index >= 15 is 0 Å². The molecule has 1 aromatic rings. The van der Waals surface area contributed by atoms with Crippen molar-refractivity contribution in [3.63, 3.8) is 0 Å². The third-order valence-corrected chi connectivity index (χ3v) is 3.38. The largest absolute Gasteiger partial charge is 0.375 e. The van der Waals surface area contributed by atoms with Crippen LogP contribution in [0.5, 0.6) is 0 Å². The maximum atomic E-state index is 11.7. The van der Waals surface area contributed by atoms with Gasteiger partial charge in [-0.05, 0) is 13.8 Å². The van der Waals surface area contributed by atoms with Crippen LogP contribution in [-0.2, 0) is 9.53 Å². The Morgan fingerprint density at radius 1 is 1.42 bits per heavy atom. The second-order valence-electron chi connectivity index (χ2n) is 4.71. The molecule has 1 aliphatic heterocycles. The van der Waals surface area contributed by atoms with E-state index in [0.717, 1.165) is 13.1 Å². The van der Waals surface area contributed by atoms with Crippen molar-refractivity contribution in [2.45, 2.75) is 19.9 Å². The van der Waals surface area contributed by atoms with E-state index in [9.17, 15) is 4.79 Å². The molecule has 19 heavy (non-hydrogen) atoms. The number of hydrogen-bond donors (Lipinski definition) is 0. The van der Waals surface area contributed by atoms with Gasteiger partial charge in [-0.25, -0.2) is 0 Å². The molecule has 1 aromatic heterocycles. The number of aryl methyl sites for hydroxylation is 1. The lowest BCUT2D eigenvalue weighted by Crippen LogP contribution is -2.50. The first-order valence-corrected chi connectivity index (χ1v) is 6.42. The van der Waals surface area contributed by atoms with Gasteiger partial charge in [0.15, 0.2) is 5.82 Å². The predicted molar refractivity (Wildman–Crippen MR) is 67.5 cm³/mol. The highest BCUT2D eigenvalue weighted by Gasteiger charge is 2.27. The topological polar surface area (TPSA) is 71.7 Å². The SMILES string of the molecule is COCC(=O)N1CCN([C@H](C)c2nc(C)no2)CC1. The minimum absolute atomic E-state index is 0.0448. The summed E-state index contributed by atoms with van der Waals surface area (Å²) in [6, 6.07) is 0.0841. The van der Waals surface area contributed by atoms with Gasteiger partial charge in [0.05, 0.1) is 6.04 Å². The number of carbonyl (C=O) groups is 1. The van der Waals surface area contributed by atoms with Crippen LogP contribution in [0.3, 0.4) is 0 Å². The summed E-state index contributed by atoms with van der Waals surface area (Å²) in [5.74, 6) is 1.33. The minimum Gasteiger partial charge on any atom is -0.375 e. The number of nitrogens with zero attached hydrogens (tertiary/aromatic N) is 4. The van der Waals surface area contributed by atoms with Crippen LogP contribution in [0.4, 0.5) is 0 Å². The molecule has 1 amide bonds. The Morgan fingerprint density at radius 3 is 2.63 bits per heavy atom. The number of rotatable bonds is 4. The summed E-state index contributed by atoms with van der Waals surface area (Å²) in [7, 11) is 1.54. The number of aromatic nitrogens is 2. The first-order chi connectivity index (χ1) is 9.11. The molecule has 7 nitrogen and oxygen atoms in total. The van der Waals surface area contributed by atoms with E-state index in [-0.39, 0.29) is 18.6 Å². The number of piperazine rings is 1. The van der Waals surface area contributed by atoms with Crippen LogP contribution in [0.15, 0.2) is 4.52 Å². The Bertz CT molecular complexity index is 426. The van der Waals surface area contributed by atoms with Crippen LogP contribution in [0.1, 0.15) is 24.7 Å². The van der Waals surface area contributed by atoms with Crippen molar-refractivity contribution in [2.75, 3.05) is 39.9 Å².